The van der Waals surface area contributed by atoms with E-state index in [1.165, 1.54) is 11.3 Å². The average Bonchev–Trinajstić information content (AvgIpc) is 2.64. The lowest BCUT2D eigenvalue weighted by Crippen LogP contribution is -2.26. The van der Waals surface area contributed by atoms with Crippen LogP contribution in [0.3, 0.4) is 0 Å². The van der Waals surface area contributed by atoms with Crippen molar-refractivity contribution in [3.05, 3.63) is 16.6 Å². The van der Waals surface area contributed by atoms with Crippen molar-refractivity contribution in [2.45, 2.75) is 19.3 Å². The molecule has 0 spiro atoms. The maximum absolute atomic E-state index is 11.3. The van der Waals surface area contributed by atoms with Gasteiger partial charge in [0.05, 0.1) is 17.6 Å². The number of rotatable bonds is 6. The molecule has 0 aliphatic rings. The summed E-state index contributed by atoms with van der Waals surface area (Å²) in [5.74, 6) is -0.963. The molecule has 0 atom stereocenters. The summed E-state index contributed by atoms with van der Waals surface area (Å²) in [6.45, 7) is 0.398. The summed E-state index contributed by atoms with van der Waals surface area (Å²) >= 11 is 1.45. The van der Waals surface area contributed by atoms with Crippen LogP contribution in [0.1, 0.15) is 18.5 Å². The van der Waals surface area contributed by atoms with Gasteiger partial charge in [0.25, 0.3) is 0 Å². The van der Waals surface area contributed by atoms with Gasteiger partial charge in [-0.3, -0.25) is 9.59 Å². The van der Waals surface area contributed by atoms with E-state index in [9.17, 15) is 9.59 Å². The van der Waals surface area contributed by atoms with E-state index < -0.39 is 5.97 Å². The van der Waals surface area contributed by atoms with Gasteiger partial charge in [-0.15, -0.1) is 11.3 Å². The van der Waals surface area contributed by atoms with Crippen molar-refractivity contribution in [2.24, 2.45) is 0 Å². The first-order valence-electron chi connectivity index (χ1n) is 4.54. The monoisotopic (exact) mass is 228 g/mol. The van der Waals surface area contributed by atoms with Crippen molar-refractivity contribution >= 4 is 23.2 Å². The number of hydrogen-bond donors (Lipinski definition) is 2. The molecule has 1 rings (SSSR count). The van der Waals surface area contributed by atoms with Gasteiger partial charge in [-0.25, -0.2) is 4.98 Å². The number of carbonyl (C=O) groups excluding carboxylic acids is 1. The fraction of sp³-hybridized carbons (Fsp3) is 0.444. The van der Waals surface area contributed by atoms with E-state index in [1.807, 2.05) is 5.38 Å². The van der Waals surface area contributed by atoms with Crippen LogP contribution in [0, 0.1) is 0 Å². The number of carboxylic acids is 1. The molecule has 1 aromatic rings. The van der Waals surface area contributed by atoms with Crippen molar-refractivity contribution in [3.63, 3.8) is 0 Å². The summed E-state index contributed by atoms with van der Waals surface area (Å²) in [6.07, 6.45) is 0.797. The first-order chi connectivity index (χ1) is 7.18. The highest BCUT2D eigenvalue weighted by Gasteiger charge is 2.04. The lowest BCUT2D eigenvalue weighted by Gasteiger charge is -2.01. The van der Waals surface area contributed by atoms with E-state index >= 15 is 0 Å². The van der Waals surface area contributed by atoms with Crippen molar-refractivity contribution in [1.82, 2.24) is 10.3 Å². The molecule has 0 aromatic carbocycles. The molecule has 0 saturated carbocycles. The predicted molar refractivity (Wildman–Crippen MR) is 55.7 cm³/mol. The van der Waals surface area contributed by atoms with Gasteiger partial charge in [0.15, 0.2) is 0 Å². The average molecular weight is 228 g/mol. The largest absolute Gasteiger partial charge is 0.481 e. The minimum absolute atomic E-state index is 0.0803. The third-order valence-electron chi connectivity index (χ3n) is 1.71. The molecule has 2 N–H and O–H groups in total. The highest BCUT2D eigenvalue weighted by molar-refractivity contribution is 7.07. The zero-order chi connectivity index (χ0) is 11.1. The Bertz CT molecular complexity index is 324. The smallest absolute Gasteiger partial charge is 0.303 e. The first kappa shape index (κ1) is 11.6. The van der Waals surface area contributed by atoms with Gasteiger partial charge in [-0.05, 0) is 6.42 Å². The van der Waals surface area contributed by atoms with Crippen molar-refractivity contribution in [2.75, 3.05) is 6.54 Å². The van der Waals surface area contributed by atoms with E-state index in [4.69, 9.17) is 5.11 Å². The molecule has 82 valence electrons. The molecule has 0 aliphatic heterocycles. The zero-order valence-electron chi connectivity index (χ0n) is 8.10. The standard InChI is InChI=1S/C9H12N2O3S/c12-8(4-7-5-15-6-11-7)10-3-1-2-9(13)14/h5-6H,1-4H2,(H,10,12)(H,13,14). The Balaban J connectivity index is 2.11. The molecule has 0 saturated heterocycles. The van der Waals surface area contributed by atoms with Crippen LogP contribution in [-0.4, -0.2) is 28.5 Å². The highest BCUT2D eigenvalue weighted by atomic mass is 32.1. The number of carbonyl (C=O) groups is 2. The molecule has 0 radical (unpaired) electrons. The summed E-state index contributed by atoms with van der Waals surface area (Å²) in [7, 11) is 0. The van der Waals surface area contributed by atoms with Crippen LogP contribution in [0.15, 0.2) is 10.9 Å². The van der Waals surface area contributed by atoms with Gasteiger partial charge in [0.1, 0.15) is 0 Å². The maximum atomic E-state index is 11.3. The summed E-state index contributed by atoms with van der Waals surface area (Å²) in [6, 6.07) is 0. The maximum Gasteiger partial charge on any atom is 0.303 e. The Morgan fingerprint density at radius 1 is 1.53 bits per heavy atom. The molecule has 0 fully saturated rings. The lowest BCUT2D eigenvalue weighted by molar-refractivity contribution is -0.137. The van der Waals surface area contributed by atoms with Gasteiger partial charge in [0.2, 0.25) is 5.91 Å². The van der Waals surface area contributed by atoms with Crippen LogP contribution in [0.2, 0.25) is 0 Å². The molecule has 0 bridgehead atoms. The Morgan fingerprint density at radius 3 is 2.93 bits per heavy atom. The third-order valence-corrected chi connectivity index (χ3v) is 2.35. The van der Waals surface area contributed by atoms with Crippen LogP contribution >= 0.6 is 11.3 Å². The molecule has 0 unspecified atom stereocenters. The molecular formula is C9H12N2O3S. The summed E-state index contributed by atoms with van der Waals surface area (Å²) in [5, 5.41) is 12.8. The Kier molecular flexibility index (Phi) is 4.76. The zero-order valence-corrected chi connectivity index (χ0v) is 8.92. The van der Waals surface area contributed by atoms with Gasteiger partial charge >= 0.3 is 5.97 Å². The quantitative estimate of drug-likeness (QED) is 0.701. The number of amides is 1. The second kappa shape index (κ2) is 6.13. The second-order valence-electron chi connectivity index (χ2n) is 3.00. The van der Waals surface area contributed by atoms with Gasteiger partial charge < -0.3 is 10.4 Å². The summed E-state index contributed by atoms with van der Waals surface area (Å²) in [4.78, 5) is 25.4. The SMILES string of the molecule is O=C(O)CCCNC(=O)Cc1cscn1. The topological polar surface area (TPSA) is 79.3 Å². The first-order valence-corrected chi connectivity index (χ1v) is 5.48. The Morgan fingerprint density at radius 2 is 2.33 bits per heavy atom. The van der Waals surface area contributed by atoms with Crippen molar-refractivity contribution in [3.8, 4) is 0 Å². The molecule has 5 nitrogen and oxygen atoms in total. The number of hydrogen-bond acceptors (Lipinski definition) is 4. The molecule has 15 heavy (non-hydrogen) atoms. The van der Waals surface area contributed by atoms with Crippen LogP contribution in [-0.2, 0) is 16.0 Å². The van der Waals surface area contributed by atoms with E-state index in [0.29, 0.717) is 13.0 Å². The minimum atomic E-state index is -0.844. The van der Waals surface area contributed by atoms with E-state index in [1.54, 1.807) is 5.51 Å². The van der Waals surface area contributed by atoms with Crippen LogP contribution < -0.4 is 5.32 Å². The second-order valence-corrected chi connectivity index (χ2v) is 3.72. The van der Waals surface area contributed by atoms with Crippen LogP contribution in [0.4, 0.5) is 0 Å². The molecule has 1 heterocycles. The fourth-order valence-corrected chi connectivity index (χ4v) is 1.58. The molecule has 1 amide bonds. The van der Waals surface area contributed by atoms with Gasteiger partial charge in [0, 0.05) is 18.3 Å². The van der Waals surface area contributed by atoms with E-state index in [2.05, 4.69) is 10.3 Å². The molecule has 6 heteroatoms. The van der Waals surface area contributed by atoms with Gasteiger partial charge in [-0.1, -0.05) is 0 Å². The number of aromatic nitrogens is 1. The molecule has 0 aliphatic carbocycles. The number of aliphatic carboxylic acids is 1. The highest BCUT2D eigenvalue weighted by Crippen LogP contribution is 2.01. The number of nitrogens with zero attached hydrogens (tertiary/aromatic N) is 1. The van der Waals surface area contributed by atoms with E-state index in [0.717, 1.165) is 5.69 Å². The predicted octanol–water partition coefficient (Wildman–Crippen LogP) is 0.667. The fourth-order valence-electron chi connectivity index (χ4n) is 1.02. The molecule has 1 aromatic heterocycles. The Labute approximate surface area is 91.1 Å². The Hall–Kier alpha value is -1.43. The normalized spacial score (nSPS) is 9.87. The number of carboxylic acid groups (broad SMARTS) is 1. The van der Waals surface area contributed by atoms with E-state index in [-0.39, 0.29) is 18.7 Å². The number of thiazole rings is 1. The molecular weight excluding hydrogens is 216 g/mol. The van der Waals surface area contributed by atoms with Crippen LogP contribution in [0.5, 0.6) is 0 Å². The summed E-state index contributed by atoms with van der Waals surface area (Å²) < 4.78 is 0. The van der Waals surface area contributed by atoms with Gasteiger partial charge in [-0.2, -0.15) is 0 Å². The van der Waals surface area contributed by atoms with Crippen LogP contribution in [0.25, 0.3) is 0 Å². The number of nitrogens with one attached hydrogen (secondary N) is 1. The van der Waals surface area contributed by atoms with Crippen molar-refractivity contribution in [1.29, 1.82) is 0 Å². The minimum Gasteiger partial charge on any atom is -0.481 e. The van der Waals surface area contributed by atoms with Crippen molar-refractivity contribution < 1.29 is 14.7 Å². The summed E-state index contributed by atoms with van der Waals surface area (Å²) in [5.41, 5.74) is 2.42. The lowest BCUT2D eigenvalue weighted by atomic mass is 10.3. The third kappa shape index (κ3) is 5.11.